The van der Waals surface area contributed by atoms with E-state index in [9.17, 15) is 4.79 Å². The molecule has 1 saturated heterocycles. The van der Waals surface area contributed by atoms with Gasteiger partial charge in [0.05, 0.1) is 6.04 Å². The number of hydrogen-bond acceptors (Lipinski definition) is 4. The predicted octanol–water partition coefficient (Wildman–Crippen LogP) is 3.65. The van der Waals surface area contributed by atoms with E-state index >= 15 is 0 Å². The summed E-state index contributed by atoms with van der Waals surface area (Å²) in [5, 5.41) is 5.20. The lowest BCUT2D eigenvalue weighted by atomic mass is 9.97. The number of piperidine rings is 1. The number of benzene rings is 1. The first-order valence-electron chi connectivity index (χ1n) is 9.42. The van der Waals surface area contributed by atoms with Crippen LogP contribution in [-0.4, -0.2) is 30.4 Å². The van der Waals surface area contributed by atoms with Crippen LogP contribution in [0.25, 0.3) is 0 Å². The average molecular weight is 372 g/mol. The van der Waals surface area contributed by atoms with E-state index in [1.807, 2.05) is 31.2 Å². The van der Waals surface area contributed by atoms with Gasteiger partial charge in [-0.15, -0.1) is 11.3 Å². The maximum atomic E-state index is 12.6. The number of nitrogens with zero attached hydrogens (tertiary/aromatic N) is 1. The van der Waals surface area contributed by atoms with E-state index in [-0.39, 0.29) is 11.9 Å². The quantitative estimate of drug-likeness (QED) is 0.815. The zero-order valence-corrected chi connectivity index (χ0v) is 16.5. The Hall–Kier alpha value is -1.69. The molecule has 2 unspecified atom stereocenters. The van der Waals surface area contributed by atoms with Crippen molar-refractivity contribution in [1.82, 2.24) is 10.2 Å². The lowest BCUT2D eigenvalue weighted by Gasteiger charge is -2.36. The standard InChI is InChI=1S/C21H29N3OS/c1-15-5-7-17(8-6-15)20(22)21(25)23-14-18(19-4-3-13-26-19)24-11-9-16(2)10-12-24/h3-8,13,16,18,20H,9-12,14,22H2,1-2H3,(H,23,25). The van der Waals surface area contributed by atoms with Gasteiger partial charge in [0.2, 0.25) is 5.91 Å². The molecule has 2 atom stereocenters. The molecular formula is C21H29N3OS. The molecule has 2 aromatic rings. The van der Waals surface area contributed by atoms with Gasteiger partial charge in [0, 0.05) is 11.4 Å². The second kappa shape index (κ2) is 8.80. The number of aryl methyl sites for hydroxylation is 1. The summed E-state index contributed by atoms with van der Waals surface area (Å²) in [6.07, 6.45) is 2.44. The van der Waals surface area contributed by atoms with Gasteiger partial charge in [-0.3, -0.25) is 9.69 Å². The molecular weight excluding hydrogens is 342 g/mol. The molecule has 5 heteroatoms. The van der Waals surface area contributed by atoms with Crippen LogP contribution < -0.4 is 11.1 Å². The Morgan fingerprint density at radius 2 is 1.96 bits per heavy atom. The number of carbonyl (C=O) groups excluding carboxylic acids is 1. The molecule has 1 amide bonds. The Labute approximate surface area is 160 Å². The SMILES string of the molecule is Cc1ccc(C(N)C(=O)NCC(c2cccs2)N2CCC(C)CC2)cc1. The molecule has 0 spiro atoms. The van der Waals surface area contributed by atoms with Gasteiger partial charge in [0.1, 0.15) is 6.04 Å². The normalized spacial score (nSPS) is 18.4. The topological polar surface area (TPSA) is 58.4 Å². The Morgan fingerprint density at radius 1 is 1.27 bits per heavy atom. The third-order valence-electron chi connectivity index (χ3n) is 5.32. The van der Waals surface area contributed by atoms with E-state index in [2.05, 4.69) is 34.7 Å². The highest BCUT2D eigenvalue weighted by molar-refractivity contribution is 7.10. The van der Waals surface area contributed by atoms with Gasteiger partial charge in [0.15, 0.2) is 0 Å². The summed E-state index contributed by atoms with van der Waals surface area (Å²) in [6, 6.07) is 11.7. The molecule has 1 aromatic carbocycles. The summed E-state index contributed by atoms with van der Waals surface area (Å²) >= 11 is 1.76. The fraction of sp³-hybridized carbons (Fsp3) is 0.476. The van der Waals surface area contributed by atoms with Crippen LogP contribution in [0.15, 0.2) is 41.8 Å². The van der Waals surface area contributed by atoms with Gasteiger partial charge < -0.3 is 11.1 Å². The minimum Gasteiger partial charge on any atom is -0.352 e. The fourth-order valence-electron chi connectivity index (χ4n) is 3.46. The first kappa shape index (κ1) is 19.1. The van der Waals surface area contributed by atoms with Crippen LogP contribution in [0.3, 0.4) is 0 Å². The number of rotatable bonds is 6. The molecule has 4 nitrogen and oxygen atoms in total. The van der Waals surface area contributed by atoms with Gasteiger partial charge in [-0.1, -0.05) is 42.8 Å². The van der Waals surface area contributed by atoms with Crippen molar-refractivity contribution < 1.29 is 4.79 Å². The molecule has 26 heavy (non-hydrogen) atoms. The molecule has 140 valence electrons. The van der Waals surface area contributed by atoms with Crippen molar-refractivity contribution in [2.75, 3.05) is 19.6 Å². The maximum Gasteiger partial charge on any atom is 0.241 e. The van der Waals surface area contributed by atoms with Crippen molar-refractivity contribution in [1.29, 1.82) is 0 Å². The summed E-state index contributed by atoms with van der Waals surface area (Å²) in [5.74, 6) is 0.681. The van der Waals surface area contributed by atoms with Crippen molar-refractivity contribution in [2.24, 2.45) is 11.7 Å². The molecule has 1 aliphatic heterocycles. The second-order valence-electron chi connectivity index (χ2n) is 7.38. The molecule has 1 aromatic heterocycles. The number of thiophene rings is 1. The lowest BCUT2D eigenvalue weighted by molar-refractivity contribution is -0.122. The third kappa shape index (κ3) is 4.72. The zero-order chi connectivity index (χ0) is 18.5. The van der Waals surface area contributed by atoms with Crippen LogP contribution in [0.1, 0.15) is 47.9 Å². The smallest absolute Gasteiger partial charge is 0.241 e. The minimum absolute atomic E-state index is 0.110. The molecule has 2 heterocycles. The lowest BCUT2D eigenvalue weighted by Crippen LogP contribution is -2.43. The van der Waals surface area contributed by atoms with Crippen LogP contribution in [-0.2, 0) is 4.79 Å². The van der Waals surface area contributed by atoms with Crippen molar-refractivity contribution >= 4 is 17.2 Å². The number of carbonyl (C=O) groups is 1. The van der Waals surface area contributed by atoms with Crippen LogP contribution in [0.5, 0.6) is 0 Å². The molecule has 0 bridgehead atoms. The molecule has 3 rings (SSSR count). The van der Waals surface area contributed by atoms with E-state index in [4.69, 9.17) is 5.73 Å². The van der Waals surface area contributed by atoms with Gasteiger partial charge in [-0.2, -0.15) is 0 Å². The summed E-state index contributed by atoms with van der Waals surface area (Å²) in [5.41, 5.74) is 8.19. The summed E-state index contributed by atoms with van der Waals surface area (Å²) in [4.78, 5) is 16.4. The van der Waals surface area contributed by atoms with E-state index in [0.717, 1.165) is 24.6 Å². The highest BCUT2D eigenvalue weighted by atomic mass is 32.1. The van der Waals surface area contributed by atoms with Gasteiger partial charge in [-0.25, -0.2) is 0 Å². The first-order chi connectivity index (χ1) is 12.5. The monoisotopic (exact) mass is 371 g/mol. The Bertz CT molecular complexity index is 691. The number of likely N-dealkylation sites (tertiary alicyclic amines) is 1. The molecule has 1 aliphatic rings. The Balaban J connectivity index is 1.63. The van der Waals surface area contributed by atoms with Gasteiger partial charge in [0.25, 0.3) is 0 Å². The number of amides is 1. The highest BCUT2D eigenvalue weighted by Crippen LogP contribution is 2.29. The summed E-state index contributed by atoms with van der Waals surface area (Å²) in [7, 11) is 0. The number of nitrogens with two attached hydrogens (primary N) is 1. The van der Waals surface area contributed by atoms with Crippen LogP contribution >= 0.6 is 11.3 Å². The third-order valence-corrected chi connectivity index (χ3v) is 6.29. The highest BCUT2D eigenvalue weighted by Gasteiger charge is 2.26. The van der Waals surface area contributed by atoms with Crippen molar-refractivity contribution in [3.05, 3.63) is 57.8 Å². The van der Waals surface area contributed by atoms with Crippen molar-refractivity contribution in [3.63, 3.8) is 0 Å². The zero-order valence-electron chi connectivity index (χ0n) is 15.7. The second-order valence-corrected chi connectivity index (χ2v) is 8.36. The van der Waals surface area contributed by atoms with E-state index in [1.165, 1.54) is 23.3 Å². The average Bonchev–Trinajstić information content (AvgIpc) is 3.17. The van der Waals surface area contributed by atoms with E-state index < -0.39 is 6.04 Å². The summed E-state index contributed by atoms with van der Waals surface area (Å²) in [6.45, 7) is 7.13. The fourth-order valence-corrected chi connectivity index (χ4v) is 4.32. The van der Waals surface area contributed by atoms with Crippen LogP contribution in [0, 0.1) is 12.8 Å². The first-order valence-corrected chi connectivity index (χ1v) is 10.3. The Morgan fingerprint density at radius 3 is 2.58 bits per heavy atom. The minimum atomic E-state index is -0.624. The maximum absolute atomic E-state index is 12.6. The largest absolute Gasteiger partial charge is 0.352 e. The number of nitrogens with one attached hydrogen (secondary N) is 1. The van der Waals surface area contributed by atoms with Gasteiger partial charge >= 0.3 is 0 Å². The molecule has 0 radical (unpaired) electrons. The van der Waals surface area contributed by atoms with Crippen molar-refractivity contribution in [2.45, 2.75) is 38.8 Å². The molecule has 3 N–H and O–H groups in total. The van der Waals surface area contributed by atoms with Crippen molar-refractivity contribution in [3.8, 4) is 0 Å². The van der Waals surface area contributed by atoms with Crippen LogP contribution in [0.4, 0.5) is 0 Å². The Kier molecular flexibility index (Phi) is 6.46. The van der Waals surface area contributed by atoms with Gasteiger partial charge in [-0.05, 0) is 55.8 Å². The summed E-state index contributed by atoms with van der Waals surface area (Å²) < 4.78 is 0. The molecule has 0 aliphatic carbocycles. The number of hydrogen-bond donors (Lipinski definition) is 2. The van der Waals surface area contributed by atoms with E-state index in [0.29, 0.717) is 6.54 Å². The van der Waals surface area contributed by atoms with E-state index in [1.54, 1.807) is 11.3 Å². The molecule has 1 fully saturated rings. The molecule has 0 saturated carbocycles. The van der Waals surface area contributed by atoms with Crippen LogP contribution in [0.2, 0.25) is 0 Å². The predicted molar refractivity (Wildman–Crippen MR) is 108 cm³/mol.